The summed E-state index contributed by atoms with van der Waals surface area (Å²) in [4.78, 5) is 11.9. The van der Waals surface area contributed by atoms with Gasteiger partial charge in [-0.1, -0.05) is 49.4 Å². The van der Waals surface area contributed by atoms with Gasteiger partial charge in [-0.25, -0.2) is 4.79 Å². The molecular formula is C21H21NO3. The molecule has 0 atom stereocenters. The van der Waals surface area contributed by atoms with E-state index in [0.717, 1.165) is 28.1 Å². The average Bonchev–Trinajstić information content (AvgIpc) is 3.01. The first-order valence-electron chi connectivity index (χ1n) is 8.27. The summed E-state index contributed by atoms with van der Waals surface area (Å²) in [7, 11) is 1.64. The molecule has 1 N–H and O–H groups in total. The van der Waals surface area contributed by atoms with Gasteiger partial charge in [0, 0.05) is 12.7 Å². The minimum Gasteiger partial charge on any atom is -0.497 e. The zero-order valence-corrected chi connectivity index (χ0v) is 14.4. The van der Waals surface area contributed by atoms with E-state index in [1.165, 1.54) is 0 Å². The first-order valence-corrected chi connectivity index (χ1v) is 8.27. The van der Waals surface area contributed by atoms with E-state index in [1.54, 1.807) is 7.11 Å². The van der Waals surface area contributed by atoms with Crippen LogP contribution in [0.3, 0.4) is 0 Å². The summed E-state index contributed by atoms with van der Waals surface area (Å²) in [6.45, 7) is 2.56. The molecule has 1 heterocycles. The molecule has 25 heavy (non-hydrogen) atoms. The van der Waals surface area contributed by atoms with E-state index >= 15 is 0 Å². The van der Waals surface area contributed by atoms with Crippen LogP contribution in [-0.4, -0.2) is 22.8 Å². The molecule has 0 bridgehead atoms. The van der Waals surface area contributed by atoms with Gasteiger partial charge in [0.05, 0.1) is 18.4 Å². The van der Waals surface area contributed by atoms with E-state index in [0.29, 0.717) is 18.5 Å². The van der Waals surface area contributed by atoms with Gasteiger partial charge in [-0.05, 0) is 35.2 Å². The molecule has 0 unspecified atom stereocenters. The number of ether oxygens (including phenoxy) is 1. The lowest BCUT2D eigenvalue weighted by Crippen LogP contribution is -2.05. The molecule has 0 saturated heterocycles. The molecular weight excluding hydrogens is 314 g/mol. The fraction of sp³-hybridized carbons (Fsp3) is 0.190. The van der Waals surface area contributed by atoms with E-state index < -0.39 is 5.97 Å². The maximum absolute atomic E-state index is 11.9. The first kappa shape index (κ1) is 16.8. The van der Waals surface area contributed by atoms with Crippen LogP contribution in [-0.2, 0) is 13.0 Å². The predicted molar refractivity (Wildman–Crippen MR) is 98.3 cm³/mol. The molecule has 128 valence electrons. The van der Waals surface area contributed by atoms with E-state index in [9.17, 15) is 9.90 Å². The second-order valence-corrected chi connectivity index (χ2v) is 5.88. The number of nitrogens with zero attached hydrogens (tertiary/aromatic N) is 1. The van der Waals surface area contributed by atoms with Crippen molar-refractivity contribution in [2.75, 3.05) is 7.11 Å². The van der Waals surface area contributed by atoms with Crippen molar-refractivity contribution in [3.05, 3.63) is 77.5 Å². The van der Waals surface area contributed by atoms with Gasteiger partial charge < -0.3 is 14.4 Å². The molecule has 4 heteroatoms. The third-order valence-corrected chi connectivity index (χ3v) is 4.29. The average molecular weight is 335 g/mol. The Kier molecular flexibility index (Phi) is 4.89. The number of carbonyl (C=O) groups is 1. The van der Waals surface area contributed by atoms with Crippen molar-refractivity contribution in [2.24, 2.45) is 0 Å². The topological polar surface area (TPSA) is 51.5 Å². The highest BCUT2D eigenvalue weighted by Crippen LogP contribution is 2.30. The Morgan fingerprint density at radius 1 is 1.12 bits per heavy atom. The summed E-state index contributed by atoms with van der Waals surface area (Å²) in [5.41, 5.74) is 3.94. The van der Waals surface area contributed by atoms with E-state index in [-0.39, 0.29) is 0 Å². The van der Waals surface area contributed by atoms with E-state index in [1.807, 2.05) is 72.3 Å². The maximum atomic E-state index is 11.9. The molecule has 0 fully saturated rings. The highest BCUT2D eigenvalue weighted by molar-refractivity contribution is 5.97. The van der Waals surface area contributed by atoms with Gasteiger partial charge in [-0.2, -0.15) is 0 Å². The molecule has 0 radical (unpaired) electrons. The number of hydrogen-bond acceptors (Lipinski definition) is 2. The molecule has 2 aromatic carbocycles. The van der Waals surface area contributed by atoms with Crippen LogP contribution in [0.1, 0.15) is 28.4 Å². The third-order valence-electron chi connectivity index (χ3n) is 4.29. The molecule has 3 rings (SSSR count). The SMILES string of the molecule is CCc1cn(Cc2cccc(OC)c2)c(-c2ccccc2)c1C(=O)O. The van der Waals surface area contributed by atoms with Crippen LogP contribution in [0.5, 0.6) is 5.75 Å². The summed E-state index contributed by atoms with van der Waals surface area (Å²) in [5, 5.41) is 9.77. The number of benzene rings is 2. The lowest BCUT2D eigenvalue weighted by atomic mass is 10.0. The molecule has 4 nitrogen and oxygen atoms in total. The number of carboxylic acids is 1. The summed E-state index contributed by atoms with van der Waals surface area (Å²) in [5.74, 6) is -0.0971. The van der Waals surface area contributed by atoms with Crippen molar-refractivity contribution < 1.29 is 14.6 Å². The number of aromatic nitrogens is 1. The number of carboxylic acid groups (broad SMARTS) is 1. The Morgan fingerprint density at radius 3 is 2.52 bits per heavy atom. The molecule has 0 aliphatic rings. The van der Waals surface area contributed by atoms with E-state index in [4.69, 9.17) is 4.74 Å². The van der Waals surface area contributed by atoms with Crippen molar-refractivity contribution in [1.29, 1.82) is 0 Å². The predicted octanol–water partition coefficient (Wildman–Crippen LogP) is 4.47. The Bertz CT molecular complexity index is 881. The van der Waals surface area contributed by atoms with Crippen LogP contribution >= 0.6 is 0 Å². The van der Waals surface area contributed by atoms with Crippen molar-refractivity contribution in [1.82, 2.24) is 4.57 Å². The highest BCUT2D eigenvalue weighted by atomic mass is 16.5. The quantitative estimate of drug-likeness (QED) is 0.723. The van der Waals surface area contributed by atoms with Crippen molar-refractivity contribution in [2.45, 2.75) is 19.9 Å². The Morgan fingerprint density at radius 2 is 1.88 bits per heavy atom. The van der Waals surface area contributed by atoms with Gasteiger partial charge >= 0.3 is 5.97 Å². The van der Waals surface area contributed by atoms with Crippen LogP contribution in [0.25, 0.3) is 11.3 Å². The Hall–Kier alpha value is -3.01. The number of aromatic carboxylic acids is 1. The van der Waals surface area contributed by atoms with Crippen molar-refractivity contribution >= 4 is 5.97 Å². The smallest absolute Gasteiger partial charge is 0.338 e. The van der Waals surface area contributed by atoms with Crippen LogP contribution in [0.4, 0.5) is 0 Å². The van der Waals surface area contributed by atoms with Crippen LogP contribution in [0.15, 0.2) is 60.8 Å². The number of aryl methyl sites for hydroxylation is 1. The third kappa shape index (κ3) is 3.43. The number of rotatable bonds is 6. The second kappa shape index (κ2) is 7.26. The molecule has 0 amide bonds. The minimum atomic E-state index is -0.889. The van der Waals surface area contributed by atoms with Crippen molar-refractivity contribution in [3.63, 3.8) is 0 Å². The second-order valence-electron chi connectivity index (χ2n) is 5.88. The normalized spacial score (nSPS) is 10.6. The van der Waals surface area contributed by atoms with Gasteiger partial charge in [-0.3, -0.25) is 0 Å². The molecule has 1 aromatic heterocycles. The molecule has 0 spiro atoms. The number of methoxy groups -OCH3 is 1. The molecule has 0 saturated carbocycles. The highest BCUT2D eigenvalue weighted by Gasteiger charge is 2.21. The Balaban J connectivity index is 2.13. The summed E-state index contributed by atoms with van der Waals surface area (Å²) in [6.07, 6.45) is 2.62. The standard InChI is InChI=1S/C21H21NO3/c1-3-16-14-22(13-15-8-7-11-18(12-15)25-2)20(19(16)21(23)24)17-9-5-4-6-10-17/h4-12,14H,3,13H2,1-2H3,(H,23,24). The maximum Gasteiger partial charge on any atom is 0.338 e. The van der Waals surface area contributed by atoms with Crippen LogP contribution in [0.2, 0.25) is 0 Å². The summed E-state index contributed by atoms with van der Waals surface area (Å²) < 4.78 is 7.31. The first-order chi connectivity index (χ1) is 12.1. The van der Waals surface area contributed by atoms with Crippen molar-refractivity contribution in [3.8, 4) is 17.0 Å². The lowest BCUT2D eigenvalue weighted by molar-refractivity contribution is 0.0696. The summed E-state index contributed by atoms with van der Waals surface area (Å²) >= 11 is 0. The van der Waals surface area contributed by atoms with Gasteiger partial charge in [0.15, 0.2) is 0 Å². The fourth-order valence-electron chi connectivity index (χ4n) is 3.12. The molecule has 0 aliphatic heterocycles. The van der Waals surface area contributed by atoms with Crippen LogP contribution in [0, 0.1) is 0 Å². The lowest BCUT2D eigenvalue weighted by Gasteiger charge is -2.12. The molecule has 0 aliphatic carbocycles. The monoisotopic (exact) mass is 335 g/mol. The fourth-order valence-corrected chi connectivity index (χ4v) is 3.12. The van der Waals surface area contributed by atoms with Gasteiger partial charge in [-0.15, -0.1) is 0 Å². The summed E-state index contributed by atoms with van der Waals surface area (Å²) in [6, 6.07) is 17.5. The van der Waals surface area contributed by atoms with Gasteiger partial charge in [0.1, 0.15) is 5.75 Å². The number of hydrogen-bond donors (Lipinski definition) is 1. The zero-order valence-electron chi connectivity index (χ0n) is 14.4. The van der Waals surface area contributed by atoms with E-state index in [2.05, 4.69) is 0 Å². The minimum absolute atomic E-state index is 0.386. The largest absolute Gasteiger partial charge is 0.497 e. The zero-order chi connectivity index (χ0) is 17.8. The Labute approximate surface area is 147 Å². The van der Waals surface area contributed by atoms with Gasteiger partial charge in [0.2, 0.25) is 0 Å². The van der Waals surface area contributed by atoms with Gasteiger partial charge in [0.25, 0.3) is 0 Å². The molecule has 3 aromatic rings. The van der Waals surface area contributed by atoms with Crippen LogP contribution < -0.4 is 4.74 Å².